The predicted molar refractivity (Wildman–Crippen MR) is 92.1 cm³/mol. The van der Waals surface area contributed by atoms with Crippen LogP contribution in [0.3, 0.4) is 0 Å². The van der Waals surface area contributed by atoms with Gasteiger partial charge in [0.15, 0.2) is 0 Å². The van der Waals surface area contributed by atoms with Crippen LogP contribution in [0.25, 0.3) is 0 Å². The number of rotatable bonds is 7. The molecule has 128 valence electrons. The first kappa shape index (κ1) is 18.4. The molecular weight excluding hydrogens is 351 g/mol. The van der Waals surface area contributed by atoms with E-state index in [0.717, 1.165) is 16.2 Å². The van der Waals surface area contributed by atoms with E-state index in [4.69, 9.17) is 5.11 Å². The average Bonchev–Trinajstić information content (AvgIpc) is 2.91. The van der Waals surface area contributed by atoms with Crippen LogP contribution in [-0.2, 0) is 4.79 Å². The van der Waals surface area contributed by atoms with E-state index in [1.54, 1.807) is 26.0 Å². The maximum Gasteiger partial charge on any atom is 0.347 e. The zero-order chi connectivity index (χ0) is 17.7. The van der Waals surface area contributed by atoms with Gasteiger partial charge in [0.25, 0.3) is 0 Å². The van der Waals surface area contributed by atoms with Gasteiger partial charge in [-0.2, -0.15) is 0 Å². The van der Waals surface area contributed by atoms with Crippen LogP contribution in [0.15, 0.2) is 29.2 Å². The van der Waals surface area contributed by atoms with Crippen molar-refractivity contribution in [1.82, 2.24) is 10.3 Å². The number of carbonyl (C=O) groups is 2. The van der Waals surface area contributed by atoms with Crippen LogP contribution in [0, 0.1) is 12.7 Å². The number of carboxylic acids is 1. The van der Waals surface area contributed by atoms with E-state index in [-0.39, 0.29) is 22.6 Å². The van der Waals surface area contributed by atoms with Gasteiger partial charge in [0.1, 0.15) is 15.7 Å². The van der Waals surface area contributed by atoms with Gasteiger partial charge >= 0.3 is 5.97 Å². The van der Waals surface area contributed by atoms with Crippen molar-refractivity contribution < 1.29 is 19.1 Å². The van der Waals surface area contributed by atoms with E-state index in [2.05, 4.69) is 10.3 Å². The number of aryl methyl sites for hydroxylation is 1. The zero-order valence-corrected chi connectivity index (χ0v) is 14.8. The number of carbonyl (C=O) groups excluding carboxylic acids is 1. The van der Waals surface area contributed by atoms with Gasteiger partial charge in [-0.25, -0.2) is 14.2 Å². The lowest BCUT2D eigenvalue weighted by Crippen LogP contribution is -2.26. The van der Waals surface area contributed by atoms with E-state index >= 15 is 0 Å². The second kappa shape index (κ2) is 8.25. The Morgan fingerprint density at radius 3 is 2.62 bits per heavy atom. The molecule has 1 heterocycles. The van der Waals surface area contributed by atoms with Gasteiger partial charge in [0.2, 0.25) is 5.91 Å². The maximum atomic E-state index is 12.8. The summed E-state index contributed by atoms with van der Waals surface area (Å²) in [5.41, 5.74) is 0.454. The number of nitrogens with zero attached hydrogens (tertiary/aromatic N) is 1. The molecule has 2 N–H and O–H groups in total. The quantitative estimate of drug-likeness (QED) is 0.729. The molecule has 0 fully saturated rings. The Morgan fingerprint density at radius 1 is 1.38 bits per heavy atom. The minimum absolute atomic E-state index is 0.137. The number of hydrogen-bond donors (Lipinski definition) is 2. The molecule has 1 unspecified atom stereocenters. The third kappa shape index (κ3) is 5.04. The lowest BCUT2D eigenvalue weighted by molar-refractivity contribution is -0.121. The largest absolute Gasteiger partial charge is 0.477 e. The van der Waals surface area contributed by atoms with Gasteiger partial charge in [-0.3, -0.25) is 4.79 Å². The molecule has 1 aromatic heterocycles. The van der Waals surface area contributed by atoms with Gasteiger partial charge < -0.3 is 10.4 Å². The molecule has 0 saturated carbocycles. The van der Waals surface area contributed by atoms with Crippen molar-refractivity contribution in [3.63, 3.8) is 0 Å². The fourth-order valence-corrected chi connectivity index (χ4v) is 3.73. The Balaban J connectivity index is 1.82. The van der Waals surface area contributed by atoms with E-state index < -0.39 is 5.97 Å². The van der Waals surface area contributed by atoms with Gasteiger partial charge in [-0.05, 0) is 38.1 Å². The molecule has 0 saturated heterocycles. The first-order valence-corrected chi connectivity index (χ1v) is 9.05. The van der Waals surface area contributed by atoms with E-state index in [0.29, 0.717) is 22.9 Å². The Labute approximate surface area is 147 Å². The molecule has 1 aromatic carbocycles. The van der Waals surface area contributed by atoms with Gasteiger partial charge in [0, 0.05) is 17.1 Å². The van der Waals surface area contributed by atoms with Crippen LogP contribution in [0.1, 0.15) is 39.8 Å². The fraction of sp³-hybridized carbons (Fsp3) is 0.312. The lowest BCUT2D eigenvalue weighted by Gasteiger charge is -2.11. The number of amides is 1. The molecule has 1 atom stereocenters. The zero-order valence-electron chi connectivity index (χ0n) is 13.2. The third-order valence-electron chi connectivity index (χ3n) is 3.17. The van der Waals surface area contributed by atoms with Crippen LogP contribution < -0.4 is 5.32 Å². The molecule has 0 aliphatic heterocycles. The highest BCUT2D eigenvalue weighted by Gasteiger charge is 2.19. The van der Waals surface area contributed by atoms with Crippen LogP contribution in [-0.4, -0.2) is 27.7 Å². The van der Waals surface area contributed by atoms with Crippen molar-refractivity contribution in [2.24, 2.45) is 0 Å². The summed E-state index contributed by atoms with van der Waals surface area (Å²) in [4.78, 5) is 28.3. The molecule has 0 aliphatic rings. The van der Waals surface area contributed by atoms with Gasteiger partial charge in [-0.15, -0.1) is 23.1 Å². The van der Waals surface area contributed by atoms with Crippen molar-refractivity contribution in [1.29, 1.82) is 0 Å². The van der Waals surface area contributed by atoms with Crippen molar-refractivity contribution in [3.05, 3.63) is 45.7 Å². The minimum atomic E-state index is -1.01. The second-order valence-corrected chi connectivity index (χ2v) is 7.31. The summed E-state index contributed by atoms with van der Waals surface area (Å²) in [6, 6.07) is 5.77. The normalized spacial score (nSPS) is 12.0. The number of thioether (sulfide) groups is 1. The molecule has 2 rings (SSSR count). The molecular formula is C16H17FN2O3S2. The van der Waals surface area contributed by atoms with Crippen molar-refractivity contribution in [3.8, 4) is 0 Å². The van der Waals surface area contributed by atoms with Gasteiger partial charge in [0.05, 0.1) is 11.7 Å². The minimum Gasteiger partial charge on any atom is -0.477 e. The summed E-state index contributed by atoms with van der Waals surface area (Å²) in [5, 5.41) is 12.4. The Morgan fingerprint density at radius 2 is 2.04 bits per heavy atom. The summed E-state index contributed by atoms with van der Waals surface area (Å²) in [6.07, 6.45) is 0.308. The monoisotopic (exact) mass is 368 g/mol. The maximum absolute atomic E-state index is 12.8. The smallest absolute Gasteiger partial charge is 0.347 e. The van der Waals surface area contributed by atoms with Crippen molar-refractivity contribution >= 4 is 35.0 Å². The molecule has 8 heteroatoms. The van der Waals surface area contributed by atoms with Crippen molar-refractivity contribution in [2.75, 3.05) is 5.75 Å². The van der Waals surface area contributed by atoms with E-state index in [1.807, 2.05) is 0 Å². The summed E-state index contributed by atoms with van der Waals surface area (Å²) >= 11 is 2.55. The highest BCUT2D eigenvalue weighted by molar-refractivity contribution is 7.99. The number of aromatic nitrogens is 1. The van der Waals surface area contributed by atoms with E-state index in [1.165, 1.54) is 23.9 Å². The van der Waals surface area contributed by atoms with Crippen LogP contribution >= 0.6 is 23.1 Å². The lowest BCUT2D eigenvalue weighted by atomic mass is 10.3. The summed E-state index contributed by atoms with van der Waals surface area (Å²) in [5.74, 6) is -0.862. The second-order valence-electron chi connectivity index (χ2n) is 5.11. The van der Waals surface area contributed by atoms with E-state index in [9.17, 15) is 14.0 Å². The number of benzene rings is 1. The highest BCUT2D eigenvalue weighted by Crippen LogP contribution is 2.24. The molecule has 2 aromatic rings. The summed E-state index contributed by atoms with van der Waals surface area (Å²) in [6.45, 7) is 3.41. The average molecular weight is 368 g/mol. The Bertz CT molecular complexity index is 731. The number of hydrogen-bond acceptors (Lipinski definition) is 5. The molecule has 0 spiro atoms. The Kier molecular flexibility index (Phi) is 6.33. The highest BCUT2D eigenvalue weighted by atomic mass is 32.2. The van der Waals surface area contributed by atoms with Crippen LogP contribution in [0.2, 0.25) is 0 Å². The number of thiazole rings is 1. The first-order valence-electron chi connectivity index (χ1n) is 7.25. The predicted octanol–water partition coefficient (Wildman–Crippen LogP) is 3.65. The summed E-state index contributed by atoms with van der Waals surface area (Å²) < 4.78 is 12.8. The van der Waals surface area contributed by atoms with Gasteiger partial charge in [-0.1, -0.05) is 0 Å². The number of carboxylic acid groups (broad SMARTS) is 1. The molecule has 0 radical (unpaired) electrons. The molecule has 5 nitrogen and oxygen atoms in total. The molecule has 0 bridgehead atoms. The SMILES string of the molecule is Cc1nc(C(C)NC(=O)CCSc2ccc(F)cc2)sc1C(=O)O. The molecule has 0 aliphatic carbocycles. The number of nitrogens with one attached hydrogen (secondary N) is 1. The first-order chi connectivity index (χ1) is 11.4. The topological polar surface area (TPSA) is 79.3 Å². The van der Waals surface area contributed by atoms with Crippen LogP contribution in [0.5, 0.6) is 0 Å². The van der Waals surface area contributed by atoms with Crippen molar-refractivity contribution in [2.45, 2.75) is 31.2 Å². The standard InChI is InChI=1S/C16H17FN2O3S2/c1-9-14(16(21)22)24-15(19-9)10(2)18-13(20)7-8-23-12-5-3-11(17)4-6-12/h3-6,10H,7-8H2,1-2H3,(H,18,20)(H,21,22). The number of halogens is 1. The third-order valence-corrected chi connectivity index (χ3v) is 5.51. The summed E-state index contributed by atoms with van der Waals surface area (Å²) in [7, 11) is 0. The fourth-order valence-electron chi connectivity index (χ4n) is 1.97. The Hall–Kier alpha value is -1.93. The molecule has 24 heavy (non-hydrogen) atoms. The number of aromatic carboxylic acids is 1. The van der Waals surface area contributed by atoms with Crippen LogP contribution in [0.4, 0.5) is 4.39 Å². The molecule has 1 amide bonds.